The van der Waals surface area contributed by atoms with Crippen molar-refractivity contribution in [3.8, 4) is 11.6 Å². The number of carbonyl (C=O) groups excluding carboxylic acids is 1. The highest BCUT2D eigenvalue weighted by atomic mass is 16.5. The molecule has 3 heterocycles. The Morgan fingerprint density at radius 3 is 2.55 bits per heavy atom. The molecule has 0 bridgehead atoms. The zero-order valence-corrected chi connectivity index (χ0v) is 16.5. The molecule has 0 amide bonds. The minimum absolute atomic E-state index is 0.0284. The molecule has 0 spiro atoms. The molecule has 1 aromatic heterocycles. The summed E-state index contributed by atoms with van der Waals surface area (Å²) in [5, 5.41) is 0. The van der Waals surface area contributed by atoms with Gasteiger partial charge in [-0.25, -0.2) is 4.98 Å². The number of aromatic nitrogens is 1. The van der Waals surface area contributed by atoms with E-state index in [0.717, 1.165) is 42.5 Å². The molecule has 1 aliphatic carbocycles. The van der Waals surface area contributed by atoms with Crippen LogP contribution < -0.4 is 4.74 Å². The first-order valence-electron chi connectivity index (χ1n) is 10.5. The van der Waals surface area contributed by atoms with Crippen LogP contribution in [0, 0.1) is 0 Å². The molecule has 1 aromatic carbocycles. The van der Waals surface area contributed by atoms with E-state index in [9.17, 15) is 4.79 Å². The zero-order chi connectivity index (χ0) is 19.6. The molecular weight excluding hydrogens is 362 g/mol. The van der Waals surface area contributed by atoms with E-state index in [2.05, 4.69) is 27.0 Å². The summed E-state index contributed by atoms with van der Waals surface area (Å²) in [7, 11) is 0. The van der Waals surface area contributed by atoms with Crippen molar-refractivity contribution >= 4 is 11.5 Å². The molecule has 3 aliphatic rings. The summed E-state index contributed by atoms with van der Waals surface area (Å²) in [5.74, 6) is 1.43. The van der Waals surface area contributed by atoms with E-state index in [1.807, 2.05) is 18.2 Å². The Morgan fingerprint density at radius 1 is 1.00 bits per heavy atom. The standard InChI is InChI=1S/C24H25N3O2/c28-21-6-8-23(25-16-21)19-5-9-24(26-15-19)29-22-7-4-17-10-12-27(20-2-1-3-20)13-11-18(17)14-22/h4-9,14-15,20H,1-3,10-13,16H2. The summed E-state index contributed by atoms with van der Waals surface area (Å²) in [6.07, 6.45) is 11.4. The average Bonchev–Trinajstić information content (AvgIpc) is 2.91. The van der Waals surface area contributed by atoms with Gasteiger partial charge in [0.1, 0.15) is 12.3 Å². The van der Waals surface area contributed by atoms with Crippen LogP contribution in [-0.4, -0.2) is 47.1 Å². The number of hydrogen-bond donors (Lipinski definition) is 0. The van der Waals surface area contributed by atoms with Crippen LogP contribution in [0.1, 0.15) is 36.0 Å². The highest BCUT2D eigenvalue weighted by Gasteiger charge is 2.26. The molecule has 148 valence electrons. The van der Waals surface area contributed by atoms with Gasteiger partial charge in [-0.05, 0) is 67.2 Å². The highest BCUT2D eigenvalue weighted by molar-refractivity contribution is 6.14. The fourth-order valence-electron chi connectivity index (χ4n) is 4.24. The van der Waals surface area contributed by atoms with Crippen LogP contribution in [0.2, 0.25) is 0 Å². The third-order valence-electron chi connectivity index (χ3n) is 6.19. The Labute approximate surface area is 171 Å². The van der Waals surface area contributed by atoms with Crippen molar-refractivity contribution in [3.05, 3.63) is 65.4 Å². The lowest BCUT2D eigenvalue weighted by Gasteiger charge is -2.36. The molecule has 5 nitrogen and oxygen atoms in total. The van der Waals surface area contributed by atoms with E-state index in [0.29, 0.717) is 5.88 Å². The lowest BCUT2D eigenvalue weighted by Crippen LogP contribution is -2.41. The molecule has 0 radical (unpaired) electrons. The monoisotopic (exact) mass is 387 g/mol. The maximum atomic E-state index is 11.3. The summed E-state index contributed by atoms with van der Waals surface area (Å²) < 4.78 is 6.01. The topological polar surface area (TPSA) is 54.8 Å². The molecule has 2 aromatic rings. The number of rotatable bonds is 4. The van der Waals surface area contributed by atoms with E-state index in [1.54, 1.807) is 18.3 Å². The maximum Gasteiger partial charge on any atom is 0.219 e. The quantitative estimate of drug-likeness (QED) is 0.802. The van der Waals surface area contributed by atoms with Gasteiger partial charge in [-0.1, -0.05) is 12.5 Å². The Hall–Kier alpha value is -2.79. The molecule has 0 saturated heterocycles. The van der Waals surface area contributed by atoms with Crippen LogP contribution in [0.5, 0.6) is 11.6 Å². The summed E-state index contributed by atoms with van der Waals surface area (Å²) in [6, 6.07) is 11.0. The van der Waals surface area contributed by atoms with E-state index in [1.165, 1.54) is 36.9 Å². The second-order valence-corrected chi connectivity index (χ2v) is 8.04. The van der Waals surface area contributed by atoms with E-state index in [-0.39, 0.29) is 12.3 Å². The Bertz CT molecular complexity index is 974. The van der Waals surface area contributed by atoms with Crippen molar-refractivity contribution in [2.24, 2.45) is 4.99 Å². The van der Waals surface area contributed by atoms with Gasteiger partial charge >= 0.3 is 0 Å². The Morgan fingerprint density at radius 2 is 1.86 bits per heavy atom. The van der Waals surface area contributed by atoms with Crippen LogP contribution in [0.3, 0.4) is 0 Å². The third kappa shape index (κ3) is 4.01. The smallest absolute Gasteiger partial charge is 0.219 e. The van der Waals surface area contributed by atoms with Crippen molar-refractivity contribution in [2.45, 2.75) is 38.1 Å². The van der Waals surface area contributed by atoms with Crippen molar-refractivity contribution in [3.63, 3.8) is 0 Å². The third-order valence-corrected chi connectivity index (χ3v) is 6.19. The van der Waals surface area contributed by atoms with Crippen molar-refractivity contribution in [1.29, 1.82) is 0 Å². The second kappa shape index (κ2) is 7.91. The summed E-state index contributed by atoms with van der Waals surface area (Å²) in [6.45, 7) is 2.52. The lowest BCUT2D eigenvalue weighted by atomic mass is 9.91. The Balaban J connectivity index is 1.26. The summed E-state index contributed by atoms with van der Waals surface area (Å²) >= 11 is 0. The largest absolute Gasteiger partial charge is 0.439 e. The molecule has 2 aliphatic heterocycles. The zero-order valence-electron chi connectivity index (χ0n) is 16.5. The number of hydrogen-bond acceptors (Lipinski definition) is 5. The van der Waals surface area contributed by atoms with Gasteiger partial charge in [0.15, 0.2) is 5.78 Å². The minimum atomic E-state index is 0.0284. The van der Waals surface area contributed by atoms with Crippen LogP contribution in [-0.2, 0) is 17.6 Å². The number of allylic oxidation sites excluding steroid dienone is 1. The first kappa shape index (κ1) is 18.3. The van der Waals surface area contributed by atoms with Gasteiger partial charge in [0.25, 0.3) is 0 Å². The summed E-state index contributed by atoms with van der Waals surface area (Å²) in [4.78, 5) is 22.6. The minimum Gasteiger partial charge on any atom is -0.439 e. The summed E-state index contributed by atoms with van der Waals surface area (Å²) in [5.41, 5.74) is 4.51. The van der Waals surface area contributed by atoms with Gasteiger partial charge in [0.05, 0.1) is 5.71 Å². The fraction of sp³-hybridized carbons (Fsp3) is 0.375. The van der Waals surface area contributed by atoms with Gasteiger partial charge < -0.3 is 4.74 Å². The number of pyridine rings is 1. The van der Waals surface area contributed by atoms with Crippen LogP contribution in [0.4, 0.5) is 0 Å². The maximum absolute atomic E-state index is 11.3. The van der Waals surface area contributed by atoms with Gasteiger partial charge in [-0.2, -0.15) is 0 Å². The predicted molar refractivity (Wildman–Crippen MR) is 113 cm³/mol. The van der Waals surface area contributed by atoms with Crippen molar-refractivity contribution in [2.75, 3.05) is 19.6 Å². The van der Waals surface area contributed by atoms with Crippen LogP contribution in [0.15, 0.2) is 53.7 Å². The number of ether oxygens (including phenoxy) is 1. The van der Waals surface area contributed by atoms with Gasteiger partial charge in [-0.15, -0.1) is 0 Å². The number of benzene rings is 1. The lowest BCUT2D eigenvalue weighted by molar-refractivity contribution is -0.113. The Kier molecular flexibility index (Phi) is 4.98. The number of fused-ring (bicyclic) bond motifs is 1. The number of aliphatic imine (C=N–C) groups is 1. The number of dihydropyridines is 1. The second-order valence-electron chi connectivity index (χ2n) is 8.04. The van der Waals surface area contributed by atoms with Crippen molar-refractivity contribution in [1.82, 2.24) is 9.88 Å². The molecule has 5 rings (SSSR count). The van der Waals surface area contributed by atoms with Crippen LogP contribution in [0.25, 0.3) is 0 Å². The van der Waals surface area contributed by atoms with E-state index in [4.69, 9.17) is 4.74 Å². The van der Waals surface area contributed by atoms with Gasteiger partial charge in [0.2, 0.25) is 5.88 Å². The molecule has 1 saturated carbocycles. The first-order valence-corrected chi connectivity index (χ1v) is 10.5. The molecule has 0 atom stereocenters. The van der Waals surface area contributed by atoms with Crippen LogP contribution >= 0.6 is 0 Å². The molecule has 1 fully saturated rings. The number of ketones is 1. The van der Waals surface area contributed by atoms with Gasteiger partial charge in [-0.3, -0.25) is 14.7 Å². The van der Waals surface area contributed by atoms with Gasteiger partial charge in [0, 0.05) is 37.0 Å². The average molecular weight is 387 g/mol. The fourth-order valence-corrected chi connectivity index (χ4v) is 4.24. The normalized spacial score (nSPS) is 19.9. The molecule has 0 unspecified atom stereocenters. The van der Waals surface area contributed by atoms with E-state index < -0.39 is 0 Å². The number of carbonyl (C=O) groups is 1. The highest BCUT2D eigenvalue weighted by Crippen LogP contribution is 2.29. The SMILES string of the molecule is O=C1C=CC(c2ccc(Oc3ccc4c(c3)CCN(C3CCC3)CC4)nc2)=NC1. The molecule has 0 N–H and O–H groups in total. The molecular formula is C24H25N3O2. The van der Waals surface area contributed by atoms with Crippen molar-refractivity contribution < 1.29 is 9.53 Å². The molecule has 5 heteroatoms. The predicted octanol–water partition coefficient (Wildman–Crippen LogP) is 3.76. The van der Waals surface area contributed by atoms with E-state index >= 15 is 0 Å². The first-order chi connectivity index (χ1) is 14.2. The molecule has 29 heavy (non-hydrogen) atoms. The number of nitrogens with zero attached hydrogens (tertiary/aromatic N) is 3.